The Kier molecular flexibility index (Phi) is 9.69. The molecular weight excluding hydrogens is 646 g/mol. The molecule has 3 N–H and O–H groups in total. The van der Waals surface area contributed by atoms with Crippen LogP contribution in [0.2, 0.25) is 0 Å². The lowest BCUT2D eigenvalue weighted by Crippen LogP contribution is -2.42. The minimum Gasteiger partial charge on any atom is -0.384 e. The number of nitrogens with two attached hydrogens (primary N) is 1. The summed E-state index contributed by atoms with van der Waals surface area (Å²) in [6.45, 7) is 4.52. The van der Waals surface area contributed by atoms with Crippen LogP contribution in [0.4, 0.5) is 19.0 Å². The van der Waals surface area contributed by atoms with E-state index in [4.69, 9.17) is 5.73 Å². The lowest BCUT2D eigenvalue weighted by atomic mass is 9.92. The van der Waals surface area contributed by atoms with Gasteiger partial charge in [-0.05, 0) is 107 Å². The minimum atomic E-state index is -2.72. The number of benzene rings is 3. The van der Waals surface area contributed by atoms with E-state index in [0.29, 0.717) is 17.9 Å². The molecule has 5 aromatic rings. The Labute approximate surface area is 287 Å². The van der Waals surface area contributed by atoms with Gasteiger partial charge in [-0.2, -0.15) is 0 Å². The zero-order chi connectivity index (χ0) is 34.7. The van der Waals surface area contributed by atoms with Crippen molar-refractivity contribution in [2.75, 3.05) is 18.8 Å². The number of amides is 2. The lowest BCUT2D eigenvalue weighted by Gasteiger charge is -2.31. The summed E-state index contributed by atoms with van der Waals surface area (Å²) in [5, 5.41) is 2.97. The van der Waals surface area contributed by atoms with E-state index in [1.807, 2.05) is 31.2 Å². The first-order valence-electron chi connectivity index (χ1n) is 15.9. The van der Waals surface area contributed by atoms with Crippen LogP contribution in [0.1, 0.15) is 44.8 Å². The van der Waals surface area contributed by atoms with E-state index >= 15 is 0 Å². The molecule has 0 unspecified atom stereocenters. The molecule has 6 rings (SSSR count). The molecule has 1 aliphatic rings. The molecule has 1 saturated heterocycles. The fourth-order valence-electron chi connectivity index (χ4n) is 5.81. The number of rotatable bonds is 8. The van der Waals surface area contributed by atoms with E-state index in [9.17, 15) is 22.8 Å². The molecule has 0 radical (unpaired) electrons. The number of nitrogen functional groups attached to an aromatic ring is 1. The van der Waals surface area contributed by atoms with E-state index in [1.165, 1.54) is 23.1 Å². The maximum Gasteiger partial charge on any atom is 0.253 e. The predicted octanol–water partition coefficient (Wildman–Crippen LogP) is 8.68. The summed E-state index contributed by atoms with van der Waals surface area (Å²) in [5.74, 6) is -3.13. The molecule has 3 aromatic carbocycles. The number of likely N-dealkylation sites (tertiary alicyclic amines) is 1. The number of thiophene rings is 1. The molecule has 0 aliphatic carbocycles. The van der Waals surface area contributed by atoms with Crippen LogP contribution in [0, 0.1) is 19.7 Å². The second kappa shape index (κ2) is 14.1. The highest BCUT2D eigenvalue weighted by molar-refractivity contribution is 7.16. The Hall–Kier alpha value is -5.22. The van der Waals surface area contributed by atoms with Gasteiger partial charge < -0.3 is 16.0 Å². The van der Waals surface area contributed by atoms with Gasteiger partial charge in [0, 0.05) is 53.5 Å². The number of carbonyl (C=O) groups is 2. The van der Waals surface area contributed by atoms with E-state index in [2.05, 4.69) is 23.3 Å². The number of alkyl halides is 2. The maximum absolute atomic E-state index is 14.0. The van der Waals surface area contributed by atoms with E-state index < -0.39 is 5.92 Å². The summed E-state index contributed by atoms with van der Waals surface area (Å²) >= 11 is 1.60. The van der Waals surface area contributed by atoms with Crippen molar-refractivity contribution >= 4 is 35.0 Å². The van der Waals surface area contributed by atoms with Gasteiger partial charge in [-0.25, -0.2) is 18.2 Å². The van der Waals surface area contributed by atoms with Crippen LogP contribution in [0.25, 0.3) is 38.8 Å². The fraction of sp³-hybridized carbons (Fsp3) is 0.205. The summed E-state index contributed by atoms with van der Waals surface area (Å²) in [5.41, 5.74) is 13.5. The molecule has 250 valence electrons. The molecule has 10 heteroatoms. The molecular formula is C39H35F3N4O2S. The molecule has 2 aromatic heterocycles. The number of piperidine rings is 1. The van der Waals surface area contributed by atoms with Gasteiger partial charge in [0.2, 0.25) is 5.91 Å². The van der Waals surface area contributed by atoms with Crippen LogP contribution < -0.4 is 11.1 Å². The first kappa shape index (κ1) is 33.7. The standard InChI is InChI=1S/C39H35F3N4O2S/c1-24-25(2)37(49-34(24)23-45-36(47)16-4-26-3-15-35(43)44-22-26)32-14-11-30(21-33(32)28-9-12-31(40)13-10-28)27-5-7-29(8-6-27)38(48)46-19-17-39(41,42)18-20-46/h3-16,21-22H,17-20,23H2,1-2H3,(H2,43,44)(H,45,47)/b16-4+. The summed E-state index contributed by atoms with van der Waals surface area (Å²) in [4.78, 5) is 33.2. The average molecular weight is 681 g/mol. The van der Waals surface area contributed by atoms with E-state index in [0.717, 1.165) is 54.3 Å². The SMILES string of the molecule is Cc1c(CNC(=O)/C=C/c2ccc(N)nc2)sc(-c2ccc(-c3ccc(C(=O)N4CCC(F)(F)CC4)cc3)cc2-c2ccc(F)cc2)c1C. The topological polar surface area (TPSA) is 88.3 Å². The van der Waals surface area contributed by atoms with Crippen LogP contribution in [-0.2, 0) is 11.3 Å². The smallest absolute Gasteiger partial charge is 0.253 e. The van der Waals surface area contributed by atoms with Gasteiger partial charge in [0.1, 0.15) is 11.6 Å². The highest BCUT2D eigenvalue weighted by Crippen LogP contribution is 2.42. The van der Waals surface area contributed by atoms with Crippen LogP contribution in [0.5, 0.6) is 0 Å². The zero-order valence-electron chi connectivity index (χ0n) is 27.1. The van der Waals surface area contributed by atoms with Gasteiger partial charge in [0.05, 0.1) is 6.54 Å². The summed E-state index contributed by atoms with van der Waals surface area (Å²) in [6.07, 6.45) is 4.10. The second-order valence-corrected chi connectivity index (χ2v) is 13.3. The van der Waals surface area contributed by atoms with Crippen LogP contribution in [0.15, 0.2) is 91.1 Å². The number of anilines is 1. The number of carbonyl (C=O) groups excluding carboxylic acids is 2. The highest BCUT2D eigenvalue weighted by Gasteiger charge is 2.35. The summed E-state index contributed by atoms with van der Waals surface area (Å²) in [6, 6.07) is 23.1. The third kappa shape index (κ3) is 7.76. The predicted molar refractivity (Wildman–Crippen MR) is 190 cm³/mol. The quantitative estimate of drug-likeness (QED) is 0.161. The lowest BCUT2D eigenvalue weighted by molar-refractivity contribution is -0.116. The molecule has 0 bridgehead atoms. The van der Waals surface area contributed by atoms with E-state index in [-0.39, 0.29) is 43.6 Å². The largest absolute Gasteiger partial charge is 0.384 e. The third-order valence-corrected chi connectivity index (χ3v) is 10.3. The van der Waals surface area contributed by atoms with Crippen molar-refractivity contribution in [2.24, 2.45) is 0 Å². The first-order chi connectivity index (χ1) is 23.5. The third-order valence-electron chi connectivity index (χ3n) is 8.87. The average Bonchev–Trinajstić information content (AvgIpc) is 3.39. The monoisotopic (exact) mass is 680 g/mol. The Morgan fingerprint density at radius 1 is 0.898 bits per heavy atom. The van der Waals surface area contributed by atoms with Gasteiger partial charge in [-0.15, -0.1) is 11.3 Å². The number of pyridine rings is 1. The van der Waals surface area contributed by atoms with E-state index in [1.54, 1.807) is 60.0 Å². The number of halogens is 3. The molecule has 2 amide bonds. The van der Waals surface area contributed by atoms with Crippen molar-refractivity contribution in [3.8, 4) is 32.7 Å². The molecule has 0 spiro atoms. The van der Waals surface area contributed by atoms with Crippen molar-refractivity contribution < 1.29 is 22.8 Å². The Balaban J connectivity index is 1.25. The normalized spacial score (nSPS) is 14.3. The highest BCUT2D eigenvalue weighted by atomic mass is 32.1. The molecule has 3 heterocycles. The molecule has 0 saturated carbocycles. The molecule has 1 aliphatic heterocycles. The van der Waals surface area contributed by atoms with Crippen molar-refractivity contribution in [3.05, 3.63) is 124 Å². The van der Waals surface area contributed by atoms with Gasteiger partial charge in [-0.1, -0.05) is 36.4 Å². The fourth-order valence-corrected chi connectivity index (χ4v) is 7.10. The number of hydrogen-bond donors (Lipinski definition) is 2. The van der Waals surface area contributed by atoms with Crippen LogP contribution >= 0.6 is 11.3 Å². The first-order valence-corrected chi connectivity index (χ1v) is 16.7. The minimum absolute atomic E-state index is 0.0330. The summed E-state index contributed by atoms with van der Waals surface area (Å²) < 4.78 is 41.2. The molecule has 1 fully saturated rings. The van der Waals surface area contributed by atoms with Crippen LogP contribution in [-0.4, -0.2) is 40.7 Å². The van der Waals surface area contributed by atoms with Gasteiger partial charge in [0.25, 0.3) is 11.8 Å². The van der Waals surface area contributed by atoms with Crippen molar-refractivity contribution in [3.63, 3.8) is 0 Å². The molecule has 0 atom stereocenters. The Morgan fingerprint density at radius 3 is 2.24 bits per heavy atom. The van der Waals surface area contributed by atoms with Crippen molar-refractivity contribution in [2.45, 2.75) is 39.2 Å². The second-order valence-electron chi connectivity index (χ2n) is 12.2. The van der Waals surface area contributed by atoms with Crippen molar-refractivity contribution in [1.82, 2.24) is 15.2 Å². The number of nitrogens with zero attached hydrogens (tertiary/aromatic N) is 2. The number of hydrogen-bond acceptors (Lipinski definition) is 5. The Morgan fingerprint density at radius 2 is 1.57 bits per heavy atom. The van der Waals surface area contributed by atoms with Gasteiger partial charge in [-0.3, -0.25) is 9.59 Å². The number of nitrogens with one attached hydrogen (secondary N) is 1. The van der Waals surface area contributed by atoms with Gasteiger partial charge >= 0.3 is 0 Å². The molecule has 6 nitrogen and oxygen atoms in total. The number of aromatic nitrogens is 1. The maximum atomic E-state index is 14.0. The van der Waals surface area contributed by atoms with Gasteiger partial charge in [0.15, 0.2) is 0 Å². The van der Waals surface area contributed by atoms with Crippen LogP contribution in [0.3, 0.4) is 0 Å². The summed E-state index contributed by atoms with van der Waals surface area (Å²) in [7, 11) is 0. The Bertz CT molecular complexity index is 2010. The molecule has 49 heavy (non-hydrogen) atoms. The van der Waals surface area contributed by atoms with Crippen molar-refractivity contribution in [1.29, 1.82) is 0 Å². The zero-order valence-corrected chi connectivity index (χ0v) is 27.9.